The lowest BCUT2D eigenvalue weighted by atomic mass is 10.1. The average Bonchev–Trinajstić information content (AvgIpc) is 2.51. The second kappa shape index (κ2) is 9.73. The number of nitrogens with one attached hydrogen (secondary N) is 1. The number of sulfonamides is 1. The van der Waals surface area contributed by atoms with Crippen molar-refractivity contribution in [3.05, 3.63) is 41.5 Å². The monoisotopic (exact) mass is 367 g/mol. The Morgan fingerprint density at radius 3 is 2.36 bits per heavy atom. The third-order valence-electron chi connectivity index (χ3n) is 3.61. The van der Waals surface area contributed by atoms with Crippen LogP contribution in [-0.4, -0.2) is 26.5 Å². The molecule has 0 aliphatic rings. The quantitative estimate of drug-likeness (QED) is 0.533. The van der Waals surface area contributed by atoms with Crippen molar-refractivity contribution < 1.29 is 17.9 Å². The molecule has 0 radical (unpaired) electrons. The topological polar surface area (TPSA) is 72.5 Å². The molecular weight excluding hydrogens is 338 g/mol. The third kappa shape index (κ3) is 7.40. The number of aryl methyl sites for hydroxylation is 1. The lowest BCUT2D eigenvalue weighted by Crippen LogP contribution is -2.42. The van der Waals surface area contributed by atoms with Gasteiger partial charge in [0.2, 0.25) is 10.0 Å². The molecule has 0 spiro atoms. The predicted molar refractivity (Wildman–Crippen MR) is 99.8 cm³/mol. The SMILES string of the molecule is CCC/C(C)=C/CC(NS(=O)(=O)c1ccc(C)cc1)C(=O)OC(C)C. The molecule has 0 saturated heterocycles. The molecule has 0 saturated carbocycles. The van der Waals surface area contributed by atoms with Crippen LogP contribution >= 0.6 is 0 Å². The van der Waals surface area contributed by atoms with Crippen molar-refractivity contribution in [1.82, 2.24) is 4.72 Å². The summed E-state index contributed by atoms with van der Waals surface area (Å²) in [5, 5.41) is 0. The second-order valence-electron chi connectivity index (χ2n) is 6.51. The number of allylic oxidation sites excluding steroid dienone is 1. The molecule has 0 aliphatic carbocycles. The molecule has 6 heteroatoms. The van der Waals surface area contributed by atoms with Gasteiger partial charge in [0.25, 0.3) is 0 Å². The van der Waals surface area contributed by atoms with E-state index in [1.165, 1.54) is 12.1 Å². The smallest absolute Gasteiger partial charge is 0.324 e. The molecular formula is C19H29NO4S. The molecule has 0 aliphatic heterocycles. The number of esters is 1. The number of ether oxygens (including phenoxy) is 1. The predicted octanol–water partition coefficient (Wildman–Crippen LogP) is 3.73. The summed E-state index contributed by atoms with van der Waals surface area (Å²) in [6.45, 7) is 9.40. The Hall–Kier alpha value is -1.66. The molecule has 0 aromatic heterocycles. The van der Waals surface area contributed by atoms with Gasteiger partial charge in [0.05, 0.1) is 11.0 Å². The number of hydrogen-bond acceptors (Lipinski definition) is 4. The summed E-state index contributed by atoms with van der Waals surface area (Å²) in [6.07, 6.45) is 3.77. The van der Waals surface area contributed by atoms with Gasteiger partial charge in [-0.1, -0.05) is 42.7 Å². The van der Waals surface area contributed by atoms with E-state index in [1.54, 1.807) is 26.0 Å². The van der Waals surface area contributed by atoms with E-state index in [9.17, 15) is 13.2 Å². The molecule has 5 nitrogen and oxygen atoms in total. The first-order chi connectivity index (χ1) is 11.7. The van der Waals surface area contributed by atoms with Gasteiger partial charge < -0.3 is 4.74 Å². The van der Waals surface area contributed by atoms with Gasteiger partial charge in [0.1, 0.15) is 6.04 Å². The summed E-state index contributed by atoms with van der Waals surface area (Å²) in [6, 6.07) is 5.56. The van der Waals surface area contributed by atoms with E-state index >= 15 is 0 Å². The number of hydrogen-bond donors (Lipinski definition) is 1. The van der Waals surface area contributed by atoms with Crippen molar-refractivity contribution in [2.45, 2.75) is 70.9 Å². The van der Waals surface area contributed by atoms with E-state index < -0.39 is 22.0 Å². The highest BCUT2D eigenvalue weighted by molar-refractivity contribution is 7.89. The van der Waals surface area contributed by atoms with Crippen molar-refractivity contribution in [2.24, 2.45) is 0 Å². The van der Waals surface area contributed by atoms with Crippen LogP contribution in [0.4, 0.5) is 0 Å². The van der Waals surface area contributed by atoms with Crippen LogP contribution < -0.4 is 4.72 Å². The van der Waals surface area contributed by atoms with Crippen molar-refractivity contribution in [1.29, 1.82) is 0 Å². The van der Waals surface area contributed by atoms with E-state index in [1.807, 2.05) is 19.9 Å². The maximum Gasteiger partial charge on any atom is 0.324 e. The van der Waals surface area contributed by atoms with Gasteiger partial charge in [0, 0.05) is 0 Å². The Morgan fingerprint density at radius 2 is 1.84 bits per heavy atom. The Balaban J connectivity index is 2.99. The average molecular weight is 368 g/mol. The third-order valence-corrected chi connectivity index (χ3v) is 5.10. The van der Waals surface area contributed by atoms with Gasteiger partial charge in [-0.15, -0.1) is 0 Å². The van der Waals surface area contributed by atoms with Crippen LogP contribution in [0, 0.1) is 6.92 Å². The Bertz CT molecular complexity index is 691. The van der Waals surface area contributed by atoms with Gasteiger partial charge in [0.15, 0.2) is 0 Å². The lowest BCUT2D eigenvalue weighted by Gasteiger charge is -2.18. The standard InChI is InChI=1S/C19H29NO4S/c1-6-7-15(4)10-13-18(19(21)24-14(2)3)20-25(22,23)17-11-8-16(5)9-12-17/h8-12,14,18,20H,6-7,13H2,1-5H3/b15-10+. The summed E-state index contributed by atoms with van der Waals surface area (Å²) in [5.74, 6) is -0.564. The van der Waals surface area contributed by atoms with Crippen LogP contribution in [0.5, 0.6) is 0 Å². The van der Waals surface area contributed by atoms with E-state index in [0.717, 1.165) is 24.0 Å². The molecule has 1 unspecified atom stereocenters. The van der Waals surface area contributed by atoms with E-state index in [0.29, 0.717) is 0 Å². The molecule has 0 amide bonds. The van der Waals surface area contributed by atoms with Crippen molar-refractivity contribution in [2.75, 3.05) is 0 Å². The summed E-state index contributed by atoms with van der Waals surface area (Å²) < 4.78 is 32.8. The van der Waals surface area contributed by atoms with Crippen molar-refractivity contribution >= 4 is 16.0 Å². The second-order valence-corrected chi connectivity index (χ2v) is 8.22. The highest BCUT2D eigenvalue weighted by Gasteiger charge is 2.26. The van der Waals surface area contributed by atoms with Gasteiger partial charge in [-0.05, 0) is 52.7 Å². The molecule has 1 aromatic carbocycles. The van der Waals surface area contributed by atoms with Crippen molar-refractivity contribution in [3.8, 4) is 0 Å². The first-order valence-corrected chi connectivity index (χ1v) is 10.1. The maximum atomic E-state index is 12.6. The maximum absolute atomic E-state index is 12.6. The van der Waals surface area contributed by atoms with Crippen LogP contribution in [0.3, 0.4) is 0 Å². The number of rotatable bonds is 9. The Morgan fingerprint density at radius 1 is 1.24 bits per heavy atom. The summed E-state index contributed by atoms with van der Waals surface area (Å²) >= 11 is 0. The molecule has 1 N–H and O–H groups in total. The normalized spacial score (nSPS) is 13.8. The number of carbonyl (C=O) groups is 1. The fourth-order valence-electron chi connectivity index (χ4n) is 2.30. The highest BCUT2D eigenvalue weighted by Crippen LogP contribution is 2.14. The molecule has 0 fully saturated rings. The van der Waals surface area contributed by atoms with Crippen LogP contribution in [0.25, 0.3) is 0 Å². The first-order valence-electron chi connectivity index (χ1n) is 8.60. The molecule has 1 rings (SSSR count). The van der Waals surface area contributed by atoms with Crippen LogP contribution in [0.2, 0.25) is 0 Å². The Labute approximate surface area is 151 Å². The van der Waals surface area contributed by atoms with E-state index in [4.69, 9.17) is 4.74 Å². The number of carbonyl (C=O) groups excluding carboxylic acids is 1. The molecule has 25 heavy (non-hydrogen) atoms. The fraction of sp³-hybridized carbons (Fsp3) is 0.526. The molecule has 1 aromatic rings. The van der Waals surface area contributed by atoms with Crippen LogP contribution in [0.15, 0.2) is 40.8 Å². The minimum absolute atomic E-state index is 0.134. The minimum atomic E-state index is -3.80. The molecule has 0 heterocycles. The lowest BCUT2D eigenvalue weighted by molar-refractivity contribution is -0.149. The van der Waals surface area contributed by atoms with E-state index in [2.05, 4.69) is 11.6 Å². The highest BCUT2D eigenvalue weighted by atomic mass is 32.2. The van der Waals surface area contributed by atoms with Gasteiger partial charge in [-0.3, -0.25) is 4.79 Å². The van der Waals surface area contributed by atoms with Crippen LogP contribution in [-0.2, 0) is 19.6 Å². The zero-order valence-corrected chi connectivity index (χ0v) is 16.5. The first kappa shape index (κ1) is 21.4. The van der Waals surface area contributed by atoms with Gasteiger partial charge >= 0.3 is 5.97 Å². The zero-order valence-electron chi connectivity index (χ0n) is 15.7. The summed E-state index contributed by atoms with van der Waals surface area (Å²) in [5.41, 5.74) is 2.09. The summed E-state index contributed by atoms with van der Waals surface area (Å²) in [7, 11) is -3.80. The summed E-state index contributed by atoms with van der Waals surface area (Å²) in [4.78, 5) is 12.4. The molecule has 1 atom stereocenters. The van der Waals surface area contributed by atoms with Gasteiger partial charge in [-0.25, -0.2) is 8.42 Å². The van der Waals surface area contributed by atoms with Crippen molar-refractivity contribution in [3.63, 3.8) is 0 Å². The zero-order chi connectivity index (χ0) is 19.0. The van der Waals surface area contributed by atoms with Crippen LogP contribution in [0.1, 0.15) is 52.5 Å². The Kier molecular flexibility index (Phi) is 8.32. The molecule has 0 bridgehead atoms. The largest absolute Gasteiger partial charge is 0.462 e. The van der Waals surface area contributed by atoms with Gasteiger partial charge in [-0.2, -0.15) is 4.72 Å². The molecule has 140 valence electrons. The number of benzene rings is 1. The van der Waals surface area contributed by atoms with E-state index in [-0.39, 0.29) is 17.4 Å². The fourth-order valence-corrected chi connectivity index (χ4v) is 3.49. The minimum Gasteiger partial charge on any atom is -0.462 e.